The molecule has 0 saturated heterocycles. The Morgan fingerprint density at radius 2 is 1.72 bits per heavy atom. The Balaban J connectivity index is 1.58. The number of ether oxygens (including phenoxy) is 2. The minimum atomic E-state index is 0.547. The summed E-state index contributed by atoms with van der Waals surface area (Å²) in [5, 5.41) is 3.24. The lowest BCUT2D eigenvalue weighted by Gasteiger charge is -2.19. The van der Waals surface area contributed by atoms with E-state index in [-0.39, 0.29) is 0 Å². The summed E-state index contributed by atoms with van der Waals surface area (Å²) in [7, 11) is 0. The zero-order valence-electron chi connectivity index (χ0n) is 13.3. The second-order valence-corrected chi connectivity index (χ2v) is 5.51. The van der Waals surface area contributed by atoms with Crippen molar-refractivity contribution in [2.45, 2.75) is 0 Å². The lowest BCUT2D eigenvalue weighted by molar-refractivity contribution is 0.112. The molecule has 2 heterocycles. The standard InChI is InChI=1S/C19H15N3O3/c23-11-13-1-3-14(4-2-13)16-10-19(21-12-20-16)22-15-5-6-17-18(9-15)25-8-7-24-17/h1-6,9-12H,7-8H2,(H,20,21,22). The quantitative estimate of drug-likeness (QED) is 0.737. The molecule has 1 aromatic heterocycles. The lowest BCUT2D eigenvalue weighted by atomic mass is 10.1. The van der Waals surface area contributed by atoms with E-state index >= 15 is 0 Å². The highest BCUT2D eigenvalue weighted by atomic mass is 16.6. The summed E-state index contributed by atoms with van der Waals surface area (Å²) >= 11 is 0. The van der Waals surface area contributed by atoms with Gasteiger partial charge < -0.3 is 14.8 Å². The molecule has 4 rings (SSSR count). The highest BCUT2D eigenvalue weighted by Crippen LogP contribution is 2.33. The Kier molecular flexibility index (Phi) is 4.00. The van der Waals surface area contributed by atoms with E-state index in [2.05, 4.69) is 15.3 Å². The van der Waals surface area contributed by atoms with Crippen molar-refractivity contribution in [3.63, 3.8) is 0 Å². The Morgan fingerprint density at radius 3 is 2.52 bits per heavy atom. The molecule has 0 bridgehead atoms. The van der Waals surface area contributed by atoms with E-state index < -0.39 is 0 Å². The van der Waals surface area contributed by atoms with Crippen molar-refractivity contribution < 1.29 is 14.3 Å². The van der Waals surface area contributed by atoms with Gasteiger partial charge in [-0.15, -0.1) is 0 Å². The molecule has 25 heavy (non-hydrogen) atoms. The van der Waals surface area contributed by atoms with Crippen LogP contribution in [0.4, 0.5) is 11.5 Å². The first-order valence-electron chi connectivity index (χ1n) is 7.86. The zero-order valence-corrected chi connectivity index (χ0v) is 13.3. The van der Waals surface area contributed by atoms with Crippen molar-refractivity contribution in [2.75, 3.05) is 18.5 Å². The number of nitrogens with one attached hydrogen (secondary N) is 1. The fourth-order valence-corrected chi connectivity index (χ4v) is 2.58. The Bertz CT molecular complexity index is 910. The fraction of sp³-hybridized carbons (Fsp3) is 0.105. The molecule has 0 aliphatic carbocycles. The Labute approximate surface area is 144 Å². The predicted octanol–water partition coefficient (Wildman–Crippen LogP) is 3.47. The average molecular weight is 333 g/mol. The maximum absolute atomic E-state index is 10.8. The third-order valence-corrected chi connectivity index (χ3v) is 3.82. The van der Waals surface area contributed by atoms with E-state index in [1.807, 2.05) is 36.4 Å². The molecule has 1 N–H and O–H groups in total. The number of fused-ring (bicyclic) bond motifs is 1. The largest absolute Gasteiger partial charge is 0.486 e. The van der Waals surface area contributed by atoms with Crippen molar-refractivity contribution in [3.05, 3.63) is 60.4 Å². The number of benzene rings is 2. The van der Waals surface area contributed by atoms with Gasteiger partial charge in [0.25, 0.3) is 0 Å². The second-order valence-electron chi connectivity index (χ2n) is 5.51. The van der Waals surface area contributed by atoms with Gasteiger partial charge in [0.05, 0.1) is 5.69 Å². The van der Waals surface area contributed by atoms with Crippen molar-refractivity contribution in [1.82, 2.24) is 9.97 Å². The zero-order chi connectivity index (χ0) is 17.1. The average Bonchev–Trinajstić information content (AvgIpc) is 2.68. The maximum Gasteiger partial charge on any atom is 0.163 e. The molecule has 0 fully saturated rings. The Hall–Kier alpha value is -3.41. The minimum Gasteiger partial charge on any atom is -0.486 e. The first-order chi connectivity index (χ1) is 12.3. The van der Waals surface area contributed by atoms with Crippen LogP contribution in [-0.2, 0) is 0 Å². The van der Waals surface area contributed by atoms with E-state index in [9.17, 15) is 4.79 Å². The normalized spacial score (nSPS) is 12.5. The third kappa shape index (κ3) is 3.28. The van der Waals surface area contributed by atoms with Gasteiger partial charge >= 0.3 is 0 Å². The summed E-state index contributed by atoms with van der Waals surface area (Å²) in [6.07, 6.45) is 2.32. The van der Waals surface area contributed by atoms with Crippen LogP contribution in [0.15, 0.2) is 54.9 Å². The topological polar surface area (TPSA) is 73.3 Å². The van der Waals surface area contributed by atoms with Crippen LogP contribution in [0.3, 0.4) is 0 Å². The summed E-state index contributed by atoms with van der Waals surface area (Å²) in [4.78, 5) is 19.3. The van der Waals surface area contributed by atoms with Gasteiger partial charge in [-0.1, -0.05) is 24.3 Å². The minimum absolute atomic E-state index is 0.547. The molecule has 3 aromatic rings. The number of aldehydes is 1. The van der Waals surface area contributed by atoms with E-state index in [1.165, 1.54) is 6.33 Å². The summed E-state index contributed by atoms with van der Waals surface area (Å²) in [6, 6.07) is 14.8. The molecule has 0 radical (unpaired) electrons. The maximum atomic E-state index is 10.8. The molecule has 0 saturated carbocycles. The van der Waals surface area contributed by atoms with Gasteiger partial charge in [0.15, 0.2) is 11.5 Å². The molecule has 0 atom stereocenters. The SMILES string of the molecule is O=Cc1ccc(-c2cc(Nc3ccc4c(c3)OCCO4)ncn2)cc1. The van der Waals surface area contributed by atoms with Gasteiger partial charge in [0.2, 0.25) is 0 Å². The van der Waals surface area contributed by atoms with Crippen molar-refractivity contribution in [2.24, 2.45) is 0 Å². The summed E-state index contributed by atoms with van der Waals surface area (Å²) in [6.45, 7) is 1.11. The van der Waals surface area contributed by atoms with Crippen molar-refractivity contribution >= 4 is 17.8 Å². The number of carbonyl (C=O) groups is 1. The first kappa shape index (κ1) is 15.1. The van der Waals surface area contributed by atoms with Crippen molar-refractivity contribution in [3.8, 4) is 22.8 Å². The van der Waals surface area contributed by atoms with Crippen LogP contribution in [-0.4, -0.2) is 29.5 Å². The number of hydrogen-bond acceptors (Lipinski definition) is 6. The van der Waals surface area contributed by atoms with Crippen molar-refractivity contribution in [1.29, 1.82) is 0 Å². The molecule has 0 amide bonds. The molecule has 6 heteroatoms. The van der Waals surface area contributed by atoms with Gasteiger partial charge in [-0.2, -0.15) is 0 Å². The van der Waals surface area contributed by atoms with Crippen LogP contribution in [0.2, 0.25) is 0 Å². The summed E-state index contributed by atoms with van der Waals surface area (Å²) < 4.78 is 11.1. The number of hydrogen-bond donors (Lipinski definition) is 1. The first-order valence-corrected chi connectivity index (χ1v) is 7.86. The van der Waals surface area contributed by atoms with Crippen LogP contribution >= 0.6 is 0 Å². The van der Waals surface area contributed by atoms with Gasteiger partial charge in [-0.05, 0) is 12.1 Å². The number of aromatic nitrogens is 2. The van der Waals surface area contributed by atoms with E-state index in [4.69, 9.17) is 9.47 Å². The lowest BCUT2D eigenvalue weighted by Crippen LogP contribution is -2.15. The molecule has 1 aliphatic heterocycles. The monoisotopic (exact) mass is 333 g/mol. The van der Waals surface area contributed by atoms with Gasteiger partial charge in [0.1, 0.15) is 31.6 Å². The molecular formula is C19H15N3O3. The number of nitrogens with zero attached hydrogens (tertiary/aromatic N) is 2. The number of carbonyl (C=O) groups excluding carboxylic acids is 1. The molecular weight excluding hydrogens is 318 g/mol. The Morgan fingerprint density at radius 1 is 0.920 bits per heavy atom. The van der Waals surface area contributed by atoms with Crippen LogP contribution in [0.1, 0.15) is 10.4 Å². The van der Waals surface area contributed by atoms with E-state index in [0.717, 1.165) is 34.7 Å². The second kappa shape index (κ2) is 6.60. The fourth-order valence-electron chi connectivity index (χ4n) is 2.58. The smallest absolute Gasteiger partial charge is 0.163 e. The van der Waals surface area contributed by atoms with Gasteiger partial charge in [0, 0.05) is 28.9 Å². The molecule has 6 nitrogen and oxygen atoms in total. The summed E-state index contributed by atoms with van der Waals surface area (Å²) in [5.74, 6) is 2.13. The highest BCUT2D eigenvalue weighted by Gasteiger charge is 2.12. The molecule has 0 unspecified atom stereocenters. The van der Waals surface area contributed by atoms with Gasteiger partial charge in [-0.3, -0.25) is 4.79 Å². The van der Waals surface area contributed by atoms with Gasteiger partial charge in [-0.25, -0.2) is 9.97 Å². The summed E-state index contributed by atoms with van der Waals surface area (Å²) in [5.41, 5.74) is 3.17. The number of rotatable bonds is 4. The third-order valence-electron chi connectivity index (χ3n) is 3.82. The number of anilines is 2. The van der Waals surface area contributed by atoms with Crippen LogP contribution in [0.5, 0.6) is 11.5 Å². The molecule has 1 aliphatic rings. The highest BCUT2D eigenvalue weighted by molar-refractivity contribution is 5.76. The van der Waals surface area contributed by atoms with Crippen LogP contribution in [0, 0.1) is 0 Å². The van der Waals surface area contributed by atoms with Crippen LogP contribution in [0.25, 0.3) is 11.3 Å². The predicted molar refractivity (Wildman–Crippen MR) is 93.6 cm³/mol. The molecule has 0 spiro atoms. The van der Waals surface area contributed by atoms with E-state index in [1.54, 1.807) is 12.1 Å². The molecule has 124 valence electrons. The molecule has 2 aromatic carbocycles. The van der Waals surface area contributed by atoms with Crippen LogP contribution < -0.4 is 14.8 Å². The van der Waals surface area contributed by atoms with E-state index in [0.29, 0.717) is 24.6 Å².